The first-order valence-electron chi connectivity index (χ1n) is 8.80. The third kappa shape index (κ3) is 9.78. The summed E-state index contributed by atoms with van der Waals surface area (Å²) in [6.45, 7) is 2.16. The molecule has 22 heavy (non-hydrogen) atoms. The van der Waals surface area contributed by atoms with Crippen molar-refractivity contribution in [3.05, 3.63) is 24.3 Å². The van der Waals surface area contributed by atoms with E-state index in [0.29, 0.717) is 18.6 Å². The summed E-state index contributed by atoms with van der Waals surface area (Å²) in [5.74, 6) is -0.0892. The molecule has 126 valence electrons. The van der Waals surface area contributed by atoms with Crippen LogP contribution >= 0.6 is 0 Å². The zero-order chi connectivity index (χ0) is 16.0. The molecule has 2 unspecified atom stereocenters. The predicted molar refractivity (Wildman–Crippen MR) is 90.8 cm³/mol. The van der Waals surface area contributed by atoms with Crippen LogP contribution in [0.4, 0.5) is 0 Å². The third-order valence-corrected chi connectivity index (χ3v) is 3.97. The average Bonchev–Trinajstić information content (AvgIpc) is 3.27. The maximum atomic E-state index is 10.9. The second-order valence-electron chi connectivity index (χ2n) is 5.92. The number of rotatable bonds is 13. The lowest BCUT2D eigenvalue weighted by Gasteiger charge is -2.00. The van der Waals surface area contributed by atoms with E-state index < -0.39 is 0 Å². The number of hydrogen-bond acceptors (Lipinski definition) is 3. The summed E-state index contributed by atoms with van der Waals surface area (Å²) >= 11 is 0. The van der Waals surface area contributed by atoms with Crippen LogP contribution in [0.3, 0.4) is 0 Å². The van der Waals surface area contributed by atoms with Crippen molar-refractivity contribution in [2.45, 2.75) is 83.3 Å². The molecule has 1 aliphatic heterocycles. The zero-order valence-corrected chi connectivity index (χ0v) is 14.3. The van der Waals surface area contributed by atoms with Crippen molar-refractivity contribution >= 4 is 5.97 Å². The lowest BCUT2D eigenvalue weighted by Crippen LogP contribution is -1.99. The number of esters is 1. The van der Waals surface area contributed by atoms with Gasteiger partial charge in [0, 0.05) is 6.42 Å². The highest BCUT2D eigenvalue weighted by Crippen LogP contribution is 2.29. The van der Waals surface area contributed by atoms with Gasteiger partial charge in [0.25, 0.3) is 0 Å². The molecule has 0 aliphatic carbocycles. The van der Waals surface area contributed by atoms with Crippen molar-refractivity contribution in [2.75, 3.05) is 7.11 Å². The molecular weight excluding hydrogens is 276 g/mol. The molecule has 1 heterocycles. The molecule has 0 N–H and O–H groups in total. The van der Waals surface area contributed by atoms with E-state index in [4.69, 9.17) is 4.74 Å². The van der Waals surface area contributed by atoms with Gasteiger partial charge in [-0.1, -0.05) is 50.5 Å². The molecule has 1 saturated heterocycles. The van der Waals surface area contributed by atoms with Crippen LogP contribution in [0.15, 0.2) is 24.3 Å². The molecule has 0 aromatic rings. The van der Waals surface area contributed by atoms with Gasteiger partial charge in [0.2, 0.25) is 0 Å². The van der Waals surface area contributed by atoms with Crippen LogP contribution in [-0.2, 0) is 14.3 Å². The number of epoxide rings is 1. The van der Waals surface area contributed by atoms with Crippen molar-refractivity contribution in [2.24, 2.45) is 0 Å². The van der Waals surface area contributed by atoms with Gasteiger partial charge in [-0.3, -0.25) is 4.79 Å². The van der Waals surface area contributed by atoms with Gasteiger partial charge in [-0.2, -0.15) is 0 Å². The number of unbranched alkanes of at least 4 members (excludes halogenated alkanes) is 5. The first-order valence-corrected chi connectivity index (χ1v) is 8.80. The van der Waals surface area contributed by atoms with Crippen LogP contribution < -0.4 is 0 Å². The summed E-state index contributed by atoms with van der Waals surface area (Å²) in [4.78, 5) is 10.9. The Hall–Kier alpha value is -1.09. The smallest absolute Gasteiger partial charge is 0.305 e. The SMILES string of the molecule is CC/C=C\CC1OC1C/C=C\CCCCCCCC(=O)OC. The van der Waals surface area contributed by atoms with Crippen LogP contribution in [0, 0.1) is 0 Å². The van der Waals surface area contributed by atoms with Gasteiger partial charge in [0.15, 0.2) is 0 Å². The van der Waals surface area contributed by atoms with E-state index in [-0.39, 0.29) is 5.97 Å². The Morgan fingerprint density at radius 3 is 2.27 bits per heavy atom. The van der Waals surface area contributed by atoms with Gasteiger partial charge in [0.1, 0.15) is 0 Å². The Kier molecular flexibility index (Phi) is 10.7. The minimum Gasteiger partial charge on any atom is -0.469 e. The van der Waals surface area contributed by atoms with Crippen LogP contribution in [-0.4, -0.2) is 25.3 Å². The fourth-order valence-corrected chi connectivity index (χ4v) is 2.50. The summed E-state index contributed by atoms with van der Waals surface area (Å²) in [5.41, 5.74) is 0. The summed E-state index contributed by atoms with van der Waals surface area (Å²) in [5, 5.41) is 0. The van der Waals surface area contributed by atoms with E-state index in [1.54, 1.807) is 0 Å². The molecule has 3 heteroatoms. The van der Waals surface area contributed by atoms with Crippen LogP contribution in [0.1, 0.15) is 71.1 Å². The average molecular weight is 308 g/mol. The molecule has 0 amide bonds. The summed E-state index contributed by atoms with van der Waals surface area (Å²) in [6, 6.07) is 0. The second kappa shape index (κ2) is 12.5. The lowest BCUT2D eigenvalue weighted by molar-refractivity contribution is -0.140. The molecule has 0 radical (unpaired) electrons. The fraction of sp³-hybridized carbons (Fsp3) is 0.737. The number of methoxy groups -OCH3 is 1. The van der Waals surface area contributed by atoms with E-state index in [1.807, 2.05) is 0 Å². The standard InChI is InChI=1S/C19H32O3/c1-3-4-11-14-17-18(22-17)15-12-9-7-5-6-8-10-13-16-19(20)21-2/h4,9,11-12,17-18H,3,5-8,10,13-16H2,1-2H3/b11-4-,12-9-. The lowest BCUT2D eigenvalue weighted by atomic mass is 10.1. The largest absolute Gasteiger partial charge is 0.469 e. The highest BCUT2D eigenvalue weighted by molar-refractivity contribution is 5.68. The van der Waals surface area contributed by atoms with E-state index in [2.05, 4.69) is 36.0 Å². The minimum atomic E-state index is -0.0892. The predicted octanol–water partition coefficient (Wildman–Crippen LogP) is 4.96. The Labute approximate surface area is 135 Å². The molecular formula is C19H32O3. The number of carbonyl (C=O) groups excluding carboxylic acids is 1. The first kappa shape index (κ1) is 19.0. The molecule has 0 spiro atoms. The maximum absolute atomic E-state index is 10.9. The first-order chi connectivity index (χ1) is 10.8. The second-order valence-corrected chi connectivity index (χ2v) is 5.92. The van der Waals surface area contributed by atoms with E-state index >= 15 is 0 Å². The maximum Gasteiger partial charge on any atom is 0.305 e. The summed E-state index contributed by atoms with van der Waals surface area (Å²) < 4.78 is 10.2. The van der Waals surface area contributed by atoms with Gasteiger partial charge in [-0.15, -0.1) is 0 Å². The van der Waals surface area contributed by atoms with Crippen molar-refractivity contribution < 1.29 is 14.3 Å². The van der Waals surface area contributed by atoms with Crippen LogP contribution in [0.25, 0.3) is 0 Å². The number of hydrogen-bond donors (Lipinski definition) is 0. The van der Waals surface area contributed by atoms with Crippen LogP contribution in [0.2, 0.25) is 0 Å². The van der Waals surface area contributed by atoms with Gasteiger partial charge in [-0.25, -0.2) is 0 Å². The van der Waals surface area contributed by atoms with Crippen molar-refractivity contribution in [1.29, 1.82) is 0 Å². The van der Waals surface area contributed by atoms with Gasteiger partial charge < -0.3 is 9.47 Å². The van der Waals surface area contributed by atoms with Crippen LogP contribution in [0.5, 0.6) is 0 Å². The fourth-order valence-electron chi connectivity index (χ4n) is 2.50. The summed E-state index contributed by atoms with van der Waals surface area (Å²) in [6.07, 6.45) is 20.6. The van der Waals surface area contributed by atoms with Gasteiger partial charge in [0.05, 0.1) is 19.3 Å². The molecule has 1 rings (SSSR count). The van der Waals surface area contributed by atoms with E-state index in [1.165, 1.54) is 26.4 Å². The third-order valence-electron chi connectivity index (χ3n) is 3.97. The normalized spacial score (nSPS) is 20.8. The molecule has 0 bridgehead atoms. The quantitative estimate of drug-likeness (QED) is 0.209. The Morgan fingerprint density at radius 2 is 1.59 bits per heavy atom. The van der Waals surface area contributed by atoms with Crippen molar-refractivity contribution in [3.63, 3.8) is 0 Å². The minimum absolute atomic E-state index is 0.0892. The Balaban J connectivity index is 1.83. The zero-order valence-electron chi connectivity index (χ0n) is 14.3. The van der Waals surface area contributed by atoms with E-state index in [0.717, 1.165) is 38.5 Å². The van der Waals surface area contributed by atoms with Gasteiger partial charge in [-0.05, 0) is 38.5 Å². The molecule has 0 aromatic carbocycles. The molecule has 1 fully saturated rings. The monoisotopic (exact) mass is 308 g/mol. The number of carbonyl (C=O) groups is 1. The van der Waals surface area contributed by atoms with Crippen molar-refractivity contribution in [3.8, 4) is 0 Å². The van der Waals surface area contributed by atoms with E-state index in [9.17, 15) is 4.79 Å². The molecule has 0 aromatic heterocycles. The summed E-state index contributed by atoms with van der Waals surface area (Å²) in [7, 11) is 1.45. The Bertz CT molecular complexity index is 347. The topological polar surface area (TPSA) is 38.8 Å². The molecule has 0 saturated carbocycles. The van der Waals surface area contributed by atoms with Crippen molar-refractivity contribution in [1.82, 2.24) is 0 Å². The number of ether oxygens (including phenoxy) is 2. The van der Waals surface area contributed by atoms with Gasteiger partial charge >= 0.3 is 5.97 Å². The molecule has 3 nitrogen and oxygen atoms in total. The number of allylic oxidation sites excluding steroid dienone is 2. The highest BCUT2D eigenvalue weighted by atomic mass is 16.6. The molecule has 2 atom stereocenters. The molecule has 1 aliphatic rings. The highest BCUT2D eigenvalue weighted by Gasteiger charge is 2.35. The Morgan fingerprint density at radius 1 is 0.955 bits per heavy atom.